The van der Waals surface area contributed by atoms with Gasteiger partial charge < -0.3 is 0 Å². The van der Waals surface area contributed by atoms with Crippen LogP contribution in [0.5, 0.6) is 0 Å². The normalized spacial score (nSPS) is 10.7. The van der Waals surface area contributed by atoms with Gasteiger partial charge in [0.05, 0.1) is 15.9 Å². The first-order chi connectivity index (χ1) is 8.99. The number of aryl methyl sites for hydroxylation is 2. The van der Waals surface area contributed by atoms with Gasteiger partial charge in [-0.3, -0.25) is 9.48 Å². The molecule has 5 heteroatoms. The van der Waals surface area contributed by atoms with Gasteiger partial charge in [0, 0.05) is 19.9 Å². The highest BCUT2D eigenvalue weighted by molar-refractivity contribution is 9.10. The molecule has 0 atom stereocenters. The van der Waals surface area contributed by atoms with Crippen LogP contribution in [0.1, 0.15) is 17.0 Å². The minimum absolute atomic E-state index is 0.0335. The van der Waals surface area contributed by atoms with Crippen molar-refractivity contribution in [3.8, 4) is 0 Å². The summed E-state index contributed by atoms with van der Waals surface area (Å²) < 4.78 is 16.0. The SMILES string of the molecule is Cc1nn(C)c(CC(=O)Cc2ccccc2F)c1Br. The first-order valence-corrected chi connectivity index (χ1v) is 6.71. The first kappa shape index (κ1) is 13.9. The van der Waals surface area contributed by atoms with E-state index in [1.54, 1.807) is 29.9 Å². The number of ketones is 1. The van der Waals surface area contributed by atoms with E-state index in [0.717, 1.165) is 15.9 Å². The molecule has 0 fully saturated rings. The molecule has 1 heterocycles. The Hall–Kier alpha value is -1.49. The van der Waals surface area contributed by atoms with Crippen molar-refractivity contribution in [2.24, 2.45) is 7.05 Å². The van der Waals surface area contributed by atoms with Crippen LogP contribution in [-0.4, -0.2) is 15.6 Å². The molecular weight excluding hydrogens is 311 g/mol. The lowest BCUT2D eigenvalue weighted by atomic mass is 10.1. The molecule has 1 aromatic heterocycles. The number of Topliss-reactive ketones (excluding diaryl/α,β-unsaturated/α-hetero) is 1. The van der Waals surface area contributed by atoms with Crippen molar-refractivity contribution >= 4 is 21.7 Å². The fourth-order valence-corrected chi connectivity index (χ4v) is 2.45. The predicted molar refractivity (Wildman–Crippen MR) is 74.5 cm³/mol. The Kier molecular flexibility index (Phi) is 4.14. The topological polar surface area (TPSA) is 34.9 Å². The van der Waals surface area contributed by atoms with E-state index >= 15 is 0 Å². The third-order valence-electron chi connectivity index (χ3n) is 2.97. The number of carbonyl (C=O) groups is 1. The van der Waals surface area contributed by atoms with Gasteiger partial charge in [-0.1, -0.05) is 18.2 Å². The van der Waals surface area contributed by atoms with Crippen LogP contribution in [0.3, 0.4) is 0 Å². The monoisotopic (exact) mass is 324 g/mol. The standard InChI is InChI=1S/C14H14BrFN2O/c1-9-14(15)13(18(2)17-9)8-11(19)7-10-5-3-4-6-12(10)16/h3-6H,7-8H2,1-2H3. The molecule has 0 N–H and O–H groups in total. The molecule has 0 radical (unpaired) electrons. The van der Waals surface area contributed by atoms with Gasteiger partial charge in [-0.15, -0.1) is 0 Å². The molecule has 0 bridgehead atoms. The number of hydrogen-bond acceptors (Lipinski definition) is 2. The summed E-state index contributed by atoms with van der Waals surface area (Å²) in [6.07, 6.45) is 0.343. The fraction of sp³-hybridized carbons (Fsp3) is 0.286. The van der Waals surface area contributed by atoms with E-state index in [0.29, 0.717) is 5.56 Å². The first-order valence-electron chi connectivity index (χ1n) is 5.92. The molecular formula is C14H14BrFN2O. The molecule has 2 aromatic rings. The Balaban J connectivity index is 2.12. The molecule has 0 saturated carbocycles. The third kappa shape index (κ3) is 3.10. The molecule has 0 unspecified atom stereocenters. The summed E-state index contributed by atoms with van der Waals surface area (Å²) in [5, 5.41) is 4.23. The smallest absolute Gasteiger partial charge is 0.143 e. The molecule has 19 heavy (non-hydrogen) atoms. The van der Waals surface area contributed by atoms with Crippen LogP contribution in [0.4, 0.5) is 4.39 Å². The van der Waals surface area contributed by atoms with Crippen molar-refractivity contribution in [2.75, 3.05) is 0 Å². The van der Waals surface area contributed by atoms with E-state index < -0.39 is 0 Å². The highest BCUT2D eigenvalue weighted by Gasteiger charge is 2.15. The van der Waals surface area contributed by atoms with Gasteiger partial charge in [-0.25, -0.2) is 4.39 Å². The van der Waals surface area contributed by atoms with Crippen molar-refractivity contribution in [2.45, 2.75) is 19.8 Å². The Morgan fingerprint density at radius 3 is 2.63 bits per heavy atom. The summed E-state index contributed by atoms with van der Waals surface area (Å²) in [7, 11) is 1.80. The second-order valence-electron chi connectivity index (χ2n) is 4.45. The molecule has 0 saturated heterocycles. The molecule has 0 aliphatic carbocycles. The van der Waals surface area contributed by atoms with E-state index in [4.69, 9.17) is 0 Å². The maximum atomic E-state index is 13.5. The second-order valence-corrected chi connectivity index (χ2v) is 5.25. The van der Waals surface area contributed by atoms with Gasteiger partial charge in [0.15, 0.2) is 0 Å². The molecule has 0 aliphatic rings. The number of hydrogen-bond donors (Lipinski definition) is 0. The van der Waals surface area contributed by atoms with E-state index in [9.17, 15) is 9.18 Å². The average molecular weight is 325 g/mol. The largest absolute Gasteiger partial charge is 0.299 e. The van der Waals surface area contributed by atoms with E-state index in [1.807, 2.05) is 6.92 Å². The van der Waals surface area contributed by atoms with Crippen LogP contribution in [0, 0.1) is 12.7 Å². The molecule has 0 amide bonds. The van der Waals surface area contributed by atoms with E-state index in [1.165, 1.54) is 6.07 Å². The van der Waals surface area contributed by atoms with Crippen LogP contribution < -0.4 is 0 Å². The van der Waals surface area contributed by atoms with Crippen LogP contribution in [-0.2, 0) is 24.7 Å². The van der Waals surface area contributed by atoms with Crippen LogP contribution in [0.25, 0.3) is 0 Å². The summed E-state index contributed by atoms with van der Waals surface area (Å²) in [5.41, 5.74) is 2.09. The molecule has 0 spiro atoms. The zero-order chi connectivity index (χ0) is 14.0. The van der Waals surface area contributed by atoms with Gasteiger partial charge in [0.1, 0.15) is 11.6 Å². The summed E-state index contributed by atoms with van der Waals surface area (Å²) in [5.74, 6) is -0.370. The molecule has 2 rings (SSSR count). The minimum atomic E-state index is -0.337. The van der Waals surface area contributed by atoms with Crippen molar-refractivity contribution in [3.63, 3.8) is 0 Å². The number of rotatable bonds is 4. The highest BCUT2D eigenvalue weighted by atomic mass is 79.9. The second kappa shape index (κ2) is 5.65. The summed E-state index contributed by atoms with van der Waals surface area (Å²) in [6, 6.07) is 6.35. The van der Waals surface area contributed by atoms with Crippen molar-refractivity contribution in [3.05, 3.63) is 51.5 Å². The summed E-state index contributed by atoms with van der Waals surface area (Å²) in [6.45, 7) is 1.87. The van der Waals surface area contributed by atoms with Crippen molar-refractivity contribution in [1.29, 1.82) is 0 Å². The maximum Gasteiger partial charge on any atom is 0.143 e. The van der Waals surface area contributed by atoms with Crippen LogP contribution in [0.15, 0.2) is 28.7 Å². The van der Waals surface area contributed by atoms with E-state index in [-0.39, 0.29) is 24.4 Å². The number of halogens is 2. The number of aromatic nitrogens is 2. The van der Waals surface area contributed by atoms with Crippen molar-refractivity contribution in [1.82, 2.24) is 9.78 Å². The van der Waals surface area contributed by atoms with Crippen LogP contribution >= 0.6 is 15.9 Å². The lowest BCUT2D eigenvalue weighted by Gasteiger charge is -2.04. The fourth-order valence-electron chi connectivity index (χ4n) is 1.98. The molecule has 0 aliphatic heterocycles. The Morgan fingerprint density at radius 2 is 2.05 bits per heavy atom. The highest BCUT2D eigenvalue weighted by Crippen LogP contribution is 2.21. The lowest BCUT2D eigenvalue weighted by molar-refractivity contribution is -0.117. The Labute approximate surface area is 119 Å². The molecule has 3 nitrogen and oxygen atoms in total. The number of carbonyl (C=O) groups excluding carboxylic acids is 1. The number of benzene rings is 1. The molecule has 100 valence electrons. The number of nitrogens with zero attached hydrogens (tertiary/aromatic N) is 2. The third-order valence-corrected chi connectivity index (χ3v) is 4.00. The maximum absolute atomic E-state index is 13.5. The summed E-state index contributed by atoms with van der Waals surface area (Å²) >= 11 is 3.42. The zero-order valence-electron chi connectivity index (χ0n) is 10.8. The quantitative estimate of drug-likeness (QED) is 0.866. The zero-order valence-corrected chi connectivity index (χ0v) is 12.4. The Morgan fingerprint density at radius 1 is 1.37 bits per heavy atom. The molecule has 1 aromatic carbocycles. The van der Waals surface area contributed by atoms with Crippen molar-refractivity contribution < 1.29 is 9.18 Å². The lowest BCUT2D eigenvalue weighted by Crippen LogP contribution is -2.11. The average Bonchev–Trinajstić information content (AvgIpc) is 2.59. The summed E-state index contributed by atoms with van der Waals surface area (Å²) in [4.78, 5) is 12.0. The van der Waals surface area contributed by atoms with Gasteiger partial charge in [0.2, 0.25) is 0 Å². The van der Waals surface area contributed by atoms with Gasteiger partial charge in [0.25, 0.3) is 0 Å². The Bertz CT molecular complexity index is 622. The minimum Gasteiger partial charge on any atom is -0.299 e. The predicted octanol–water partition coefficient (Wildman–Crippen LogP) is 2.98. The van der Waals surface area contributed by atoms with Crippen LogP contribution in [0.2, 0.25) is 0 Å². The van der Waals surface area contributed by atoms with E-state index in [2.05, 4.69) is 21.0 Å². The van der Waals surface area contributed by atoms with Gasteiger partial charge >= 0.3 is 0 Å². The van der Waals surface area contributed by atoms with Gasteiger partial charge in [-0.2, -0.15) is 5.10 Å². The van der Waals surface area contributed by atoms with Gasteiger partial charge in [-0.05, 0) is 34.5 Å².